The highest BCUT2D eigenvalue weighted by molar-refractivity contribution is 7.99. The van der Waals surface area contributed by atoms with E-state index < -0.39 is 17.8 Å². The van der Waals surface area contributed by atoms with Crippen molar-refractivity contribution < 1.29 is 18.7 Å². The highest BCUT2D eigenvalue weighted by atomic mass is 35.5. The molecule has 11 heteroatoms. The molecule has 1 atom stereocenters. The number of primary amides is 1. The summed E-state index contributed by atoms with van der Waals surface area (Å²) < 4.78 is 20.9. The molecule has 0 bridgehead atoms. The van der Waals surface area contributed by atoms with Gasteiger partial charge in [0.15, 0.2) is 17.1 Å². The maximum absolute atomic E-state index is 13.3. The standard InChI is InChI=1S/C22H21ClFN5O3S/c1-3-10-29-21(13(2)32-18-9-8-14(24)11-16(18)23)27-28-22(29)33-12-19(30)26-17-7-5-4-6-15(17)20(25)31/h3-9,11,13H,1,10,12H2,2H3,(H2,25,31)(H,26,30). The van der Waals surface area contributed by atoms with Crippen molar-refractivity contribution in [3.05, 3.63) is 77.3 Å². The molecule has 33 heavy (non-hydrogen) atoms. The minimum absolute atomic E-state index is 0.0153. The second kappa shape index (κ2) is 11.0. The molecule has 1 aromatic heterocycles. The van der Waals surface area contributed by atoms with E-state index in [0.29, 0.717) is 29.0 Å². The van der Waals surface area contributed by atoms with Gasteiger partial charge in [-0.3, -0.25) is 14.2 Å². The number of allylic oxidation sites excluding steroid dienone is 1. The first-order valence-corrected chi connectivity index (χ1v) is 11.1. The van der Waals surface area contributed by atoms with E-state index in [0.717, 1.165) is 17.8 Å². The van der Waals surface area contributed by atoms with Crippen molar-refractivity contribution >= 4 is 40.9 Å². The topological polar surface area (TPSA) is 112 Å². The Morgan fingerprint density at radius 3 is 2.79 bits per heavy atom. The molecule has 0 radical (unpaired) electrons. The van der Waals surface area contributed by atoms with Crippen molar-refractivity contribution in [2.75, 3.05) is 11.1 Å². The predicted molar refractivity (Wildman–Crippen MR) is 125 cm³/mol. The number of hydrogen-bond acceptors (Lipinski definition) is 6. The van der Waals surface area contributed by atoms with Crippen LogP contribution in [0.4, 0.5) is 10.1 Å². The lowest BCUT2D eigenvalue weighted by atomic mass is 10.1. The summed E-state index contributed by atoms with van der Waals surface area (Å²) in [6.45, 7) is 5.88. The van der Waals surface area contributed by atoms with Gasteiger partial charge >= 0.3 is 0 Å². The molecule has 1 unspecified atom stereocenters. The lowest BCUT2D eigenvalue weighted by Crippen LogP contribution is -2.19. The van der Waals surface area contributed by atoms with Gasteiger partial charge in [-0.1, -0.05) is 41.6 Å². The van der Waals surface area contributed by atoms with Gasteiger partial charge in [0.2, 0.25) is 5.91 Å². The third kappa shape index (κ3) is 6.11. The molecule has 1 heterocycles. The number of anilines is 1. The van der Waals surface area contributed by atoms with Crippen LogP contribution in [0.2, 0.25) is 5.02 Å². The van der Waals surface area contributed by atoms with E-state index in [1.165, 1.54) is 18.2 Å². The molecule has 0 aliphatic carbocycles. The third-order valence-corrected chi connectivity index (χ3v) is 5.68. The predicted octanol–water partition coefficient (Wildman–Crippen LogP) is 4.23. The minimum Gasteiger partial charge on any atom is -0.481 e. The number of aromatic nitrogens is 3. The second-order valence-corrected chi connectivity index (χ2v) is 8.17. The first-order valence-electron chi connectivity index (χ1n) is 9.77. The first-order chi connectivity index (χ1) is 15.8. The van der Waals surface area contributed by atoms with E-state index in [1.54, 1.807) is 35.8 Å². The maximum atomic E-state index is 13.3. The first kappa shape index (κ1) is 24.3. The molecular weight excluding hydrogens is 469 g/mol. The quantitative estimate of drug-likeness (QED) is 0.325. The van der Waals surface area contributed by atoms with E-state index in [1.807, 2.05) is 0 Å². The van der Waals surface area contributed by atoms with Crippen LogP contribution in [0, 0.1) is 5.82 Å². The zero-order valence-electron chi connectivity index (χ0n) is 17.6. The number of carbonyl (C=O) groups excluding carboxylic acids is 2. The zero-order chi connectivity index (χ0) is 24.0. The normalized spacial score (nSPS) is 11.6. The lowest BCUT2D eigenvalue weighted by Gasteiger charge is -2.16. The van der Waals surface area contributed by atoms with E-state index in [4.69, 9.17) is 22.1 Å². The summed E-state index contributed by atoms with van der Waals surface area (Å²) in [5.41, 5.74) is 5.90. The average molecular weight is 490 g/mol. The molecule has 3 N–H and O–H groups in total. The van der Waals surface area contributed by atoms with Crippen molar-refractivity contribution in [1.29, 1.82) is 0 Å². The molecule has 0 fully saturated rings. The van der Waals surface area contributed by atoms with Crippen LogP contribution in [-0.2, 0) is 11.3 Å². The van der Waals surface area contributed by atoms with E-state index in [-0.39, 0.29) is 22.2 Å². The van der Waals surface area contributed by atoms with Gasteiger partial charge in [0.25, 0.3) is 5.91 Å². The largest absolute Gasteiger partial charge is 0.481 e. The summed E-state index contributed by atoms with van der Waals surface area (Å²) in [6, 6.07) is 10.3. The highest BCUT2D eigenvalue weighted by Gasteiger charge is 2.21. The lowest BCUT2D eigenvalue weighted by molar-refractivity contribution is -0.113. The van der Waals surface area contributed by atoms with E-state index in [9.17, 15) is 14.0 Å². The number of hydrogen-bond donors (Lipinski definition) is 2. The van der Waals surface area contributed by atoms with Gasteiger partial charge in [-0.05, 0) is 37.3 Å². The van der Waals surface area contributed by atoms with Crippen LogP contribution in [0.5, 0.6) is 5.75 Å². The second-order valence-electron chi connectivity index (χ2n) is 6.82. The Balaban J connectivity index is 1.71. The van der Waals surface area contributed by atoms with E-state index >= 15 is 0 Å². The molecule has 172 valence electrons. The van der Waals surface area contributed by atoms with Gasteiger partial charge in [-0.25, -0.2) is 4.39 Å². The van der Waals surface area contributed by atoms with Crippen LogP contribution < -0.4 is 15.8 Å². The summed E-state index contributed by atoms with van der Waals surface area (Å²) in [7, 11) is 0. The molecule has 0 saturated carbocycles. The Bertz CT molecular complexity index is 1190. The number of amides is 2. The highest BCUT2D eigenvalue weighted by Crippen LogP contribution is 2.30. The molecule has 2 amide bonds. The van der Waals surface area contributed by atoms with Gasteiger partial charge in [0.05, 0.1) is 22.0 Å². The summed E-state index contributed by atoms with van der Waals surface area (Å²) in [4.78, 5) is 24.0. The summed E-state index contributed by atoms with van der Waals surface area (Å²) in [5.74, 6) is -0.639. The third-order valence-electron chi connectivity index (χ3n) is 4.42. The Hall–Kier alpha value is -3.37. The van der Waals surface area contributed by atoms with Crippen molar-refractivity contribution in [3.8, 4) is 5.75 Å². The van der Waals surface area contributed by atoms with Crippen LogP contribution in [0.1, 0.15) is 29.2 Å². The summed E-state index contributed by atoms with van der Waals surface area (Å²) in [6.07, 6.45) is 1.10. The summed E-state index contributed by atoms with van der Waals surface area (Å²) >= 11 is 7.21. The van der Waals surface area contributed by atoms with Crippen LogP contribution in [0.25, 0.3) is 0 Å². The molecule has 0 aliphatic rings. The minimum atomic E-state index is -0.635. The van der Waals surface area contributed by atoms with Crippen LogP contribution >= 0.6 is 23.4 Å². The Kier molecular flexibility index (Phi) is 8.07. The number of ether oxygens (including phenoxy) is 1. The number of halogens is 2. The molecule has 2 aromatic carbocycles. The van der Waals surface area contributed by atoms with Gasteiger partial charge in [-0.2, -0.15) is 0 Å². The van der Waals surface area contributed by atoms with Crippen molar-refractivity contribution in [2.45, 2.75) is 24.7 Å². The maximum Gasteiger partial charge on any atom is 0.250 e. The summed E-state index contributed by atoms with van der Waals surface area (Å²) in [5, 5.41) is 11.6. The number of rotatable bonds is 10. The molecule has 8 nitrogen and oxygen atoms in total. The number of nitrogens with one attached hydrogen (secondary N) is 1. The van der Waals surface area contributed by atoms with Crippen LogP contribution in [-0.4, -0.2) is 32.3 Å². The average Bonchev–Trinajstić information content (AvgIpc) is 3.17. The number of carbonyl (C=O) groups is 2. The Labute approximate surface area is 199 Å². The van der Waals surface area contributed by atoms with Gasteiger partial charge in [0.1, 0.15) is 11.6 Å². The van der Waals surface area contributed by atoms with Gasteiger partial charge in [-0.15, -0.1) is 16.8 Å². The Morgan fingerprint density at radius 2 is 2.09 bits per heavy atom. The molecule has 0 aliphatic heterocycles. The monoisotopic (exact) mass is 489 g/mol. The molecule has 0 spiro atoms. The molecular formula is C22H21ClFN5O3S. The van der Waals surface area contributed by atoms with Crippen LogP contribution in [0.3, 0.4) is 0 Å². The SMILES string of the molecule is C=CCn1c(SCC(=O)Nc2ccccc2C(N)=O)nnc1C(C)Oc1ccc(F)cc1Cl. The Morgan fingerprint density at radius 1 is 1.33 bits per heavy atom. The number of benzene rings is 2. The van der Waals surface area contributed by atoms with Crippen molar-refractivity contribution in [3.63, 3.8) is 0 Å². The van der Waals surface area contributed by atoms with Crippen molar-refractivity contribution in [1.82, 2.24) is 14.8 Å². The number of nitrogens with two attached hydrogens (primary N) is 1. The van der Waals surface area contributed by atoms with Crippen LogP contribution in [0.15, 0.2) is 60.3 Å². The number of thioether (sulfide) groups is 1. The number of nitrogens with zero attached hydrogens (tertiary/aromatic N) is 3. The molecule has 3 rings (SSSR count). The zero-order valence-corrected chi connectivity index (χ0v) is 19.2. The molecule has 0 saturated heterocycles. The van der Waals surface area contributed by atoms with Gasteiger partial charge < -0.3 is 15.8 Å². The fraction of sp³-hybridized carbons (Fsp3) is 0.182. The fourth-order valence-electron chi connectivity index (χ4n) is 2.95. The fourth-order valence-corrected chi connectivity index (χ4v) is 3.91. The molecule has 3 aromatic rings. The van der Waals surface area contributed by atoms with Gasteiger partial charge in [0, 0.05) is 6.54 Å². The van der Waals surface area contributed by atoms with Crippen molar-refractivity contribution in [2.24, 2.45) is 5.73 Å². The van der Waals surface area contributed by atoms with E-state index in [2.05, 4.69) is 22.1 Å². The smallest absolute Gasteiger partial charge is 0.250 e. The number of para-hydroxylation sites is 1.